The van der Waals surface area contributed by atoms with Crippen LogP contribution in [0.5, 0.6) is 0 Å². The molecule has 0 radical (unpaired) electrons. The second-order valence-electron chi connectivity index (χ2n) is 4.04. The first-order valence-electron chi connectivity index (χ1n) is 6.73. The first kappa shape index (κ1) is 18.3. The summed E-state index contributed by atoms with van der Waals surface area (Å²) in [5.41, 5.74) is 0. The Labute approximate surface area is 115 Å². The second-order valence-corrected chi connectivity index (χ2v) is 4.04. The van der Waals surface area contributed by atoms with Gasteiger partial charge < -0.3 is 24.1 Å². The zero-order valence-electron chi connectivity index (χ0n) is 11.9. The van der Waals surface area contributed by atoms with Crippen LogP contribution in [0.15, 0.2) is 0 Å². The van der Waals surface area contributed by atoms with Gasteiger partial charge in [0.25, 0.3) is 0 Å². The van der Waals surface area contributed by atoms with Crippen LogP contribution >= 0.6 is 0 Å². The molecule has 0 rings (SSSR count). The van der Waals surface area contributed by atoms with Crippen LogP contribution in [0.3, 0.4) is 0 Å². The molecule has 1 atom stereocenters. The molecule has 0 amide bonds. The Kier molecular flexibility index (Phi) is 13.2. The summed E-state index contributed by atoms with van der Waals surface area (Å²) in [6.45, 7) is 7.74. The quantitative estimate of drug-likeness (QED) is 0.483. The molecule has 6 heteroatoms. The Bertz CT molecular complexity index is 209. The minimum atomic E-state index is -0.795. The fourth-order valence-electron chi connectivity index (χ4n) is 1.30. The van der Waals surface area contributed by atoms with E-state index in [9.17, 15) is 4.79 Å². The summed E-state index contributed by atoms with van der Waals surface area (Å²) in [6.07, 6.45) is 0.605. The van der Waals surface area contributed by atoms with E-state index in [4.69, 9.17) is 24.1 Å². The summed E-state index contributed by atoms with van der Waals surface area (Å²) in [5, 5.41) is 8.51. The SMILES string of the molecule is CCOCCOCCOCCOC(C)CCC(=O)O. The van der Waals surface area contributed by atoms with E-state index in [0.29, 0.717) is 52.7 Å². The van der Waals surface area contributed by atoms with E-state index >= 15 is 0 Å². The molecule has 0 aromatic heterocycles. The van der Waals surface area contributed by atoms with E-state index in [0.717, 1.165) is 0 Å². The summed E-state index contributed by atoms with van der Waals surface area (Å²) in [7, 11) is 0. The molecule has 1 unspecified atom stereocenters. The average Bonchev–Trinajstić information content (AvgIpc) is 2.38. The fraction of sp³-hybridized carbons (Fsp3) is 0.923. The second kappa shape index (κ2) is 13.7. The molecule has 0 aliphatic rings. The fourth-order valence-corrected chi connectivity index (χ4v) is 1.30. The normalized spacial score (nSPS) is 12.5. The highest BCUT2D eigenvalue weighted by Crippen LogP contribution is 2.01. The maximum atomic E-state index is 10.3. The zero-order chi connectivity index (χ0) is 14.3. The lowest BCUT2D eigenvalue weighted by Crippen LogP contribution is -2.16. The molecule has 0 heterocycles. The van der Waals surface area contributed by atoms with Gasteiger partial charge in [-0.3, -0.25) is 4.79 Å². The van der Waals surface area contributed by atoms with Crippen molar-refractivity contribution in [3.8, 4) is 0 Å². The molecule has 0 aliphatic heterocycles. The number of aliphatic carboxylic acids is 1. The minimum absolute atomic E-state index is 0.0536. The Morgan fingerprint density at radius 1 is 1.00 bits per heavy atom. The smallest absolute Gasteiger partial charge is 0.303 e. The lowest BCUT2D eigenvalue weighted by Gasteiger charge is -2.12. The molecule has 0 spiro atoms. The van der Waals surface area contributed by atoms with Crippen molar-refractivity contribution in [3.63, 3.8) is 0 Å². The van der Waals surface area contributed by atoms with Gasteiger partial charge in [0.15, 0.2) is 0 Å². The van der Waals surface area contributed by atoms with Crippen LogP contribution in [0.2, 0.25) is 0 Å². The number of hydrogen-bond acceptors (Lipinski definition) is 5. The van der Waals surface area contributed by atoms with Gasteiger partial charge in [0.2, 0.25) is 0 Å². The molecule has 0 bridgehead atoms. The number of carboxylic acids is 1. The van der Waals surface area contributed by atoms with Crippen molar-refractivity contribution >= 4 is 5.97 Å². The third kappa shape index (κ3) is 15.3. The van der Waals surface area contributed by atoms with Crippen molar-refractivity contribution < 1.29 is 28.8 Å². The largest absolute Gasteiger partial charge is 0.481 e. The van der Waals surface area contributed by atoms with E-state index in [2.05, 4.69) is 0 Å². The molecule has 1 N–H and O–H groups in total. The standard InChI is InChI=1S/C13H26O6/c1-3-16-6-7-17-8-9-18-10-11-19-12(2)4-5-13(14)15/h12H,3-11H2,1-2H3,(H,14,15). The number of ether oxygens (including phenoxy) is 4. The van der Waals surface area contributed by atoms with E-state index in [1.165, 1.54) is 0 Å². The highest BCUT2D eigenvalue weighted by molar-refractivity contribution is 5.66. The van der Waals surface area contributed by atoms with Crippen LogP contribution < -0.4 is 0 Å². The Hall–Kier alpha value is -0.690. The van der Waals surface area contributed by atoms with Crippen LogP contribution in [0, 0.1) is 0 Å². The lowest BCUT2D eigenvalue weighted by molar-refractivity contribution is -0.137. The van der Waals surface area contributed by atoms with Gasteiger partial charge >= 0.3 is 5.97 Å². The van der Waals surface area contributed by atoms with E-state index < -0.39 is 5.97 Å². The molecule has 0 saturated carbocycles. The number of rotatable bonds is 14. The van der Waals surface area contributed by atoms with Crippen molar-refractivity contribution in [3.05, 3.63) is 0 Å². The van der Waals surface area contributed by atoms with Crippen LogP contribution in [0.25, 0.3) is 0 Å². The van der Waals surface area contributed by atoms with Gasteiger partial charge in [0, 0.05) is 13.0 Å². The summed E-state index contributed by atoms with van der Waals surface area (Å²) in [6, 6.07) is 0. The van der Waals surface area contributed by atoms with Crippen LogP contribution in [0.1, 0.15) is 26.7 Å². The molecule has 0 aliphatic carbocycles. The summed E-state index contributed by atoms with van der Waals surface area (Å²) in [4.78, 5) is 10.3. The predicted octanol–water partition coefficient (Wildman–Crippen LogP) is 1.33. The van der Waals surface area contributed by atoms with Crippen molar-refractivity contribution in [1.82, 2.24) is 0 Å². The number of hydrogen-bond donors (Lipinski definition) is 1. The highest BCUT2D eigenvalue weighted by atomic mass is 16.6. The maximum Gasteiger partial charge on any atom is 0.303 e. The summed E-state index contributed by atoms with van der Waals surface area (Å²) < 4.78 is 21.1. The van der Waals surface area contributed by atoms with Crippen molar-refractivity contribution in [2.75, 3.05) is 46.2 Å². The van der Waals surface area contributed by atoms with Crippen LogP contribution in [-0.4, -0.2) is 63.4 Å². The summed E-state index contributed by atoms with van der Waals surface area (Å²) >= 11 is 0. The topological polar surface area (TPSA) is 74.2 Å². The monoisotopic (exact) mass is 278 g/mol. The third-order valence-electron chi connectivity index (χ3n) is 2.34. The van der Waals surface area contributed by atoms with Crippen LogP contribution in [-0.2, 0) is 23.7 Å². The van der Waals surface area contributed by atoms with Crippen molar-refractivity contribution in [2.45, 2.75) is 32.8 Å². The molecule has 0 fully saturated rings. The zero-order valence-corrected chi connectivity index (χ0v) is 11.9. The molecular formula is C13H26O6. The van der Waals surface area contributed by atoms with E-state index in [1.54, 1.807) is 0 Å². The molecule has 19 heavy (non-hydrogen) atoms. The lowest BCUT2D eigenvalue weighted by atomic mass is 10.2. The predicted molar refractivity (Wildman–Crippen MR) is 70.4 cm³/mol. The van der Waals surface area contributed by atoms with Gasteiger partial charge in [-0.1, -0.05) is 0 Å². The Morgan fingerprint density at radius 3 is 2.05 bits per heavy atom. The van der Waals surface area contributed by atoms with E-state index in [-0.39, 0.29) is 12.5 Å². The minimum Gasteiger partial charge on any atom is -0.481 e. The molecular weight excluding hydrogens is 252 g/mol. The Morgan fingerprint density at radius 2 is 1.53 bits per heavy atom. The first-order valence-corrected chi connectivity index (χ1v) is 6.73. The number of carbonyl (C=O) groups is 1. The average molecular weight is 278 g/mol. The maximum absolute atomic E-state index is 10.3. The van der Waals surface area contributed by atoms with Crippen LogP contribution in [0.4, 0.5) is 0 Å². The molecule has 6 nitrogen and oxygen atoms in total. The molecule has 0 aromatic rings. The summed E-state index contributed by atoms with van der Waals surface area (Å²) in [5.74, 6) is -0.795. The molecule has 0 aromatic carbocycles. The molecule has 0 saturated heterocycles. The van der Waals surface area contributed by atoms with Gasteiger partial charge in [0.1, 0.15) is 0 Å². The highest BCUT2D eigenvalue weighted by Gasteiger charge is 2.05. The molecule has 114 valence electrons. The van der Waals surface area contributed by atoms with Gasteiger partial charge in [-0.2, -0.15) is 0 Å². The van der Waals surface area contributed by atoms with Gasteiger partial charge in [0.05, 0.1) is 45.7 Å². The first-order chi connectivity index (χ1) is 9.16. The number of carboxylic acid groups (broad SMARTS) is 1. The van der Waals surface area contributed by atoms with E-state index in [1.807, 2.05) is 13.8 Å². The third-order valence-corrected chi connectivity index (χ3v) is 2.34. The van der Waals surface area contributed by atoms with Gasteiger partial charge in [-0.15, -0.1) is 0 Å². The van der Waals surface area contributed by atoms with Crippen molar-refractivity contribution in [1.29, 1.82) is 0 Å². The van der Waals surface area contributed by atoms with Crippen molar-refractivity contribution in [2.24, 2.45) is 0 Å². The van der Waals surface area contributed by atoms with Gasteiger partial charge in [-0.05, 0) is 20.3 Å². The Balaban J connectivity index is 3.11. The van der Waals surface area contributed by atoms with Gasteiger partial charge in [-0.25, -0.2) is 0 Å².